The molecule has 2 atom stereocenters. The van der Waals surface area contributed by atoms with E-state index in [1.165, 1.54) is 0 Å². The molecule has 0 amide bonds. The van der Waals surface area contributed by atoms with Crippen LogP contribution in [0.25, 0.3) is 0 Å². The summed E-state index contributed by atoms with van der Waals surface area (Å²) in [6.45, 7) is 2.99. The number of hydrogen-bond donors (Lipinski definition) is 1. The number of aliphatic carboxylic acids is 1. The first kappa shape index (κ1) is 8.53. The quantitative estimate of drug-likeness (QED) is 0.612. The summed E-state index contributed by atoms with van der Waals surface area (Å²) in [4.78, 5) is 12.8. The van der Waals surface area contributed by atoms with Gasteiger partial charge in [-0.1, -0.05) is 0 Å². The molecule has 0 aromatic rings. The number of carboxylic acids is 1. The van der Waals surface area contributed by atoms with E-state index in [1.807, 2.05) is 7.05 Å². The summed E-state index contributed by atoms with van der Waals surface area (Å²) < 4.78 is 0. The third kappa shape index (κ3) is 1.93. The Bertz CT molecular complexity index is 158. The first-order chi connectivity index (χ1) is 5.11. The number of piperidine rings is 1. The van der Waals surface area contributed by atoms with Gasteiger partial charge in [0.15, 0.2) is 0 Å². The van der Waals surface area contributed by atoms with Crippen LogP contribution in [0.15, 0.2) is 0 Å². The summed E-state index contributed by atoms with van der Waals surface area (Å²) in [5.74, 6) is -0.744. The van der Waals surface area contributed by atoms with Gasteiger partial charge in [-0.05, 0) is 33.4 Å². The minimum absolute atomic E-state index is 0.110. The maximum atomic E-state index is 10.6. The molecule has 3 heteroatoms. The normalized spacial score (nSPS) is 33.6. The van der Waals surface area contributed by atoms with Crippen LogP contribution in [0.2, 0.25) is 0 Å². The van der Waals surface area contributed by atoms with Crippen molar-refractivity contribution in [3.8, 4) is 0 Å². The van der Waals surface area contributed by atoms with Crippen molar-refractivity contribution in [3.63, 3.8) is 0 Å². The van der Waals surface area contributed by atoms with E-state index in [-0.39, 0.29) is 5.92 Å². The second-order valence-electron chi connectivity index (χ2n) is 3.39. The maximum absolute atomic E-state index is 10.6. The summed E-state index contributed by atoms with van der Waals surface area (Å²) in [5.41, 5.74) is 0. The molecule has 0 bridgehead atoms. The van der Waals surface area contributed by atoms with Crippen molar-refractivity contribution in [2.75, 3.05) is 13.6 Å². The van der Waals surface area contributed by atoms with E-state index in [0.717, 1.165) is 19.4 Å². The van der Waals surface area contributed by atoms with Gasteiger partial charge in [0, 0.05) is 6.04 Å². The Morgan fingerprint density at radius 3 is 2.73 bits per heavy atom. The lowest BCUT2D eigenvalue weighted by molar-refractivity contribution is -0.143. The highest BCUT2D eigenvalue weighted by Gasteiger charge is 2.27. The first-order valence-electron chi connectivity index (χ1n) is 4.04. The van der Waals surface area contributed by atoms with E-state index in [1.54, 1.807) is 0 Å². The molecule has 1 heterocycles. The SMILES string of the molecule is C[C@H]1C[C@H](C(=O)O)CCN1C. The summed E-state index contributed by atoms with van der Waals surface area (Å²) in [5, 5.41) is 8.72. The van der Waals surface area contributed by atoms with Crippen molar-refractivity contribution in [2.45, 2.75) is 25.8 Å². The number of rotatable bonds is 1. The zero-order valence-electron chi connectivity index (χ0n) is 7.08. The van der Waals surface area contributed by atoms with Crippen LogP contribution in [-0.4, -0.2) is 35.6 Å². The standard InChI is InChI=1S/C8H15NO2/c1-6-5-7(8(10)11)3-4-9(6)2/h6-7H,3-5H2,1-2H3,(H,10,11)/t6-,7+/m0/s1. The number of hydrogen-bond acceptors (Lipinski definition) is 2. The molecule has 3 nitrogen and oxygen atoms in total. The molecule has 1 rings (SSSR count). The average Bonchev–Trinajstić information content (AvgIpc) is 1.94. The molecule has 1 saturated heterocycles. The zero-order valence-corrected chi connectivity index (χ0v) is 7.08. The lowest BCUT2D eigenvalue weighted by Crippen LogP contribution is -2.39. The van der Waals surface area contributed by atoms with Crippen molar-refractivity contribution in [1.82, 2.24) is 4.90 Å². The van der Waals surface area contributed by atoms with Gasteiger partial charge in [-0.2, -0.15) is 0 Å². The Kier molecular flexibility index (Phi) is 2.49. The van der Waals surface area contributed by atoms with Gasteiger partial charge in [-0.15, -0.1) is 0 Å². The van der Waals surface area contributed by atoms with Crippen LogP contribution in [0.1, 0.15) is 19.8 Å². The third-order valence-electron chi connectivity index (χ3n) is 2.56. The predicted molar refractivity (Wildman–Crippen MR) is 42.5 cm³/mol. The van der Waals surface area contributed by atoms with Gasteiger partial charge in [0.25, 0.3) is 0 Å². The Balaban J connectivity index is 2.46. The highest BCUT2D eigenvalue weighted by molar-refractivity contribution is 5.70. The molecule has 0 unspecified atom stereocenters. The minimum Gasteiger partial charge on any atom is -0.481 e. The van der Waals surface area contributed by atoms with Crippen LogP contribution >= 0.6 is 0 Å². The molecular formula is C8H15NO2. The summed E-state index contributed by atoms with van der Waals surface area (Å²) in [7, 11) is 2.04. The molecule has 11 heavy (non-hydrogen) atoms. The Morgan fingerprint density at radius 1 is 1.64 bits per heavy atom. The topological polar surface area (TPSA) is 40.5 Å². The van der Waals surface area contributed by atoms with Crippen LogP contribution < -0.4 is 0 Å². The molecule has 1 aliphatic heterocycles. The van der Waals surface area contributed by atoms with Crippen molar-refractivity contribution < 1.29 is 9.90 Å². The van der Waals surface area contributed by atoms with Gasteiger partial charge in [-0.3, -0.25) is 4.79 Å². The Labute approximate surface area is 67.0 Å². The second kappa shape index (κ2) is 3.22. The number of nitrogens with zero attached hydrogens (tertiary/aromatic N) is 1. The Morgan fingerprint density at radius 2 is 2.27 bits per heavy atom. The molecule has 0 radical (unpaired) electrons. The molecule has 0 aliphatic carbocycles. The summed E-state index contributed by atoms with van der Waals surface area (Å²) in [6.07, 6.45) is 1.60. The van der Waals surface area contributed by atoms with Gasteiger partial charge in [0.05, 0.1) is 5.92 Å². The maximum Gasteiger partial charge on any atom is 0.306 e. The summed E-state index contributed by atoms with van der Waals surface area (Å²) in [6, 6.07) is 0.421. The highest BCUT2D eigenvalue weighted by atomic mass is 16.4. The number of carbonyl (C=O) groups is 1. The zero-order chi connectivity index (χ0) is 8.43. The molecular weight excluding hydrogens is 142 g/mol. The van der Waals surface area contributed by atoms with Crippen molar-refractivity contribution >= 4 is 5.97 Å². The van der Waals surface area contributed by atoms with E-state index in [2.05, 4.69) is 11.8 Å². The second-order valence-corrected chi connectivity index (χ2v) is 3.39. The fraction of sp³-hybridized carbons (Fsp3) is 0.875. The molecule has 1 aliphatic rings. The van der Waals surface area contributed by atoms with Crippen molar-refractivity contribution in [2.24, 2.45) is 5.92 Å². The molecule has 0 spiro atoms. The van der Waals surface area contributed by atoms with E-state index in [9.17, 15) is 4.79 Å². The number of carboxylic acid groups (broad SMARTS) is 1. The first-order valence-corrected chi connectivity index (χ1v) is 4.04. The smallest absolute Gasteiger partial charge is 0.306 e. The average molecular weight is 157 g/mol. The molecule has 1 N–H and O–H groups in total. The fourth-order valence-corrected chi connectivity index (χ4v) is 1.51. The van der Waals surface area contributed by atoms with Gasteiger partial charge in [0.2, 0.25) is 0 Å². The van der Waals surface area contributed by atoms with Crippen LogP contribution in [0, 0.1) is 5.92 Å². The predicted octanol–water partition coefficient (Wildman–Crippen LogP) is 0.801. The van der Waals surface area contributed by atoms with E-state index >= 15 is 0 Å². The molecule has 0 saturated carbocycles. The van der Waals surface area contributed by atoms with Gasteiger partial charge in [0.1, 0.15) is 0 Å². The van der Waals surface area contributed by atoms with Gasteiger partial charge >= 0.3 is 5.97 Å². The van der Waals surface area contributed by atoms with Crippen molar-refractivity contribution in [3.05, 3.63) is 0 Å². The van der Waals surface area contributed by atoms with Crippen molar-refractivity contribution in [1.29, 1.82) is 0 Å². The number of likely N-dealkylation sites (tertiary alicyclic amines) is 1. The largest absolute Gasteiger partial charge is 0.481 e. The van der Waals surface area contributed by atoms with Gasteiger partial charge < -0.3 is 10.0 Å². The monoisotopic (exact) mass is 157 g/mol. The summed E-state index contributed by atoms with van der Waals surface area (Å²) >= 11 is 0. The van der Waals surface area contributed by atoms with Gasteiger partial charge in [-0.25, -0.2) is 0 Å². The van der Waals surface area contributed by atoms with E-state index < -0.39 is 5.97 Å². The fourth-order valence-electron chi connectivity index (χ4n) is 1.51. The van der Waals surface area contributed by atoms with E-state index in [4.69, 9.17) is 5.11 Å². The lowest BCUT2D eigenvalue weighted by atomic mass is 9.92. The molecule has 1 fully saturated rings. The third-order valence-corrected chi connectivity index (χ3v) is 2.56. The van der Waals surface area contributed by atoms with E-state index in [0.29, 0.717) is 6.04 Å². The highest BCUT2D eigenvalue weighted by Crippen LogP contribution is 2.21. The molecule has 64 valence electrons. The van der Waals surface area contributed by atoms with Crippen LogP contribution in [0.3, 0.4) is 0 Å². The van der Waals surface area contributed by atoms with Crippen LogP contribution in [0.5, 0.6) is 0 Å². The Hall–Kier alpha value is -0.570. The molecule has 0 aromatic carbocycles. The van der Waals surface area contributed by atoms with Crippen LogP contribution in [-0.2, 0) is 4.79 Å². The molecule has 0 aromatic heterocycles. The minimum atomic E-state index is -0.634. The lowest BCUT2D eigenvalue weighted by Gasteiger charge is -2.32. The van der Waals surface area contributed by atoms with Crippen LogP contribution in [0.4, 0.5) is 0 Å².